The number of hydrogen-bond donors (Lipinski definition) is 0. The Kier molecular flexibility index (Phi) is 4.61. The summed E-state index contributed by atoms with van der Waals surface area (Å²) in [5.74, 6) is -0.784. The molecule has 3 atom stereocenters. The molecule has 0 bridgehead atoms. The van der Waals surface area contributed by atoms with Gasteiger partial charge in [-0.3, -0.25) is 0 Å². The van der Waals surface area contributed by atoms with Crippen LogP contribution in [0.5, 0.6) is 0 Å². The van der Waals surface area contributed by atoms with Gasteiger partial charge >= 0.3 is 0 Å². The van der Waals surface area contributed by atoms with E-state index in [0.29, 0.717) is 6.29 Å². The summed E-state index contributed by atoms with van der Waals surface area (Å²) in [7, 11) is 1.52. The lowest BCUT2D eigenvalue weighted by atomic mass is 10.1. The zero-order valence-corrected chi connectivity index (χ0v) is 9.84. The zero-order valence-electron chi connectivity index (χ0n) is 9.84. The van der Waals surface area contributed by atoms with Crippen molar-refractivity contribution in [2.75, 3.05) is 13.9 Å². The van der Waals surface area contributed by atoms with Gasteiger partial charge in [0.05, 0.1) is 0 Å². The van der Waals surface area contributed by atoms with Crippen molar-refractivity contribution in [1.29, 1.82) is 0 Å². The Morgan fingerprint density at radius 3 is 2.69 bits per heavy atom. The fraction of sp³-hybridized carbons (Fsp3) is 0.727. The molecule has 0 saturated carbocycles. The molecule has 0 aromatic rings. The maximum absolute atomic E-state index is 10.9. The molecule has 16 heavy (non-hydrogen) atoms. The highest BCUT2D eigenvalue weighted by atomic mass is 16.8. The molecule has 0 unspecified atom stereocenters. The first-order valence-electron chi connectivity index (χ1n) is 5.08. The van der Waals surface area contributed by atoms with Crippen LogP contribution in [0.1, 0.15) is 13.8 Å². The Bertz CT molecular complexity index is 251. The summed E-state index contributed by atoms with van der Waals surface area (Å²) in [5.41, 5.74) is 0. The van der Waals surface area contributed by atoms with E-state index in [2.05, 4.69) is 6.58 Å². The fourth-order valence-electron chi connectivity index (χ4n) is 1.62. The van der Waals surface area contributed by atoms with Gasteiger partial charge in [-0.05, 0) is 13.8 Å². The van der Waals surface area contributed by atoms with Crippen molar-refractivity contribution in [3.8, 4) is 0 Å². The topological polar surface area (TPSA) is 54.0 Å². The van der Waals surface area contributed by atoms with Crippen LogP contribution >= 0.6 is 0 Å². The van der Waals surface area contributed by atoms with Gasteiger partial charge < -0.3 is 23.7 Å². The number of carbonyl (C=O) groups excluding carboxylic acids is 1. The Labute approximate surface area is 95.3 Å². The van der Waals surface area contributed by atoms with E-state index >= 15 is 0 Å². The molecule has 0 amide bonds. The van der Waals surface area contributed by atoms with E-state index in [1.54, 1.807) is 19.9 Å². The summed E-state index contributed by atoms with van der Waals surface area (Å²) in [5, 5.41) is 0. The van der Waals surface area contributed by atoms with Crippen molar-refractivity contribution in [2.24, 2.45) is 0 Å². The Morgan fingerprint density at radius 2 is 2.19 bits per heavy atom. The minimum atomic E-state index is -0.784. The average molecular weight is 230 g/mol. The molecule has 0 spiro atoms. The molecule has 0 radical (unpaired) electrons. The van der Waals surface area contributed by atoms with Crippen molar-refractivity contribution in [3.05, 3.63) is 12.7 Å². The van der Waals surface area contributed by atoms with Crippen LogP contribution in [-0.2, 0) is 23.7 Å². The second kappa shape index (κ2) is 5.54. The Morgan fingerprint density at radius 1 is 1.50 bits per heavy atom. The standard InChI is InChI=1S/C11H18O5/c1-5-8(14-7-13-4)10-9(6-12)15-11(2,3)16-10/h5-6,8-10H,1,7H2,2-4H3/t8-,9+,10-/m1/s1. The maximum atomic E-state index is 10.9. The molecule has 1 heterocycles. The highest BCUT2D eigenvalue weighted by molar-refractivity contribution is 5.58. The molecule has 0 N–H and O–H groups in total. The quantitative estimate of drug-likeness (QED) is 0.385. The van der Waals surface area contributed by atoms with Gasteiger partial charge in [-0.1, -0.05) is 6.08 Å². The molecule has 1 rings (SSSR count). The molecule has 92 valence electrons. The van der Waals surface area contributed by atoms with Gasteiger partial charge in [0.1, 0.15) is 25.1 Å². The van der Waals surface area contributed by atoms with Crippen molar-refractivity contribution in [3.63, 3.8) is 0 Å². The highest BCUT2D eigenvalue weighted by Gasteiger charge is 2.44. The lowest BCUT2D eigenvalue weighted by Crippen LogP contribution is -2.37. The Balaban J connectivity index is 2.68. The van der Waals surface area contributed by atoms with E-state index in [4.69, 9.17) is 18.9 Å². The number of aldehydes is 1. The first-order chi connectivity index (χ1) is 7.54. The third kappa shape index (κ3) is 3.12. The van der Waals surface area contributed by atoms with Gasteiger partial charge in [0.15, 0.2) is 12.1 Å². The minimum absolute atomic E-state index is 0.114. The third-order valence-electron chi connectivity index (χ3n) is 2.23. The molecule has 1 fully saturated rings. The van der Waals surface area contributed by atoms with E-state index in [-0.39, 0.29) is 6.79 Å². The van der Waals surface area contributed by atoms with Crippen LogP contribution in [0.4, 0.5) is 0 Å². The van der Waals surface area contributed by atoms with Crippen LogP contribution in [0.25, 0.3) is 0 Å². The SMILES string of the molecule is C=C[C@@H](OCOC)[C@H]1OC(C)(C)O[C@H]1C=O. The largest absolute Gasteiger partial charge is 0.359 e. The van der Waals surface area contributed by atoms with E-state index in [1.165, 1.54) is 7.11 Å². The first-order valence-corrected chi connectivity index (χ1v) is 5.08. The monoisotopic (exact) mass is 230 g/mol. The molecular formula is C11H18O5. The third-order valence-corrected chi connectivity index (χ3v) is 2.23. The molecular weight excluding hydrogens is 212 g/mol. The average Bonchev–Trinajstić information content (AvgIpc) is 2.55. The molecule has 5 nitrogen and oxygen atoms in total. The fourth-order valence-corrected chi connectivity index (χ4v) is 1.62. The van der Waals surface area contributed by atoms with Crippen LogP contribution in [-0.4, -0.2) is 44.3 Å². The highest BCUT2D eigenvalue weighted by Crippen LogP contribution is 2.30. The second-order valence-corrected chi connectivity index (χ2v) is 3.97. The summed E-state index contributed by atoms with van der Waals surface area (Å²) >= 11 is 0. The number of ether oxygens (including phenoxy) is 4. The molecule has 0 aliphatic carbocycles. The normalized spacial score (nSPS) is 29.9. The maximum Gasteiger partial charge on any atom is 0.164 e. The van der Waals surface area contributed by atoms with Crippen LogP contribution in [0.15, 0.2) is 12.7 Å². The summed E-state index contributed by atoms with van der Waals surface area (Å²) < 4.78 is 21.2. The van der Waals surface area contributed by atoms with E-state index in [0.717, 1.165) is 0 Å². The molecule has 5 heteroatoms. The van der Waals surface area contributed by atoms with Crippen LogP contribution in [0.3, 0.4) is 0 Å². The number of rotatable bonds is 6. The summed E-state index contributed by atoms with van der Waals surface area (Å²) in [6, 6.07) is 0. The second-order valence-electron chi connectivity index (χ2n) is 3.97. The van der Waals surface area contributed by atoms with Crippen LogP contribution in [0, 0.1) is 0 Å². The van der Waals surface area contributed by atoms with E-state index in [9.17, 15) is 4.79 Å². The first kappa shape index (κ1) is 13.3. The van der Waals surface area contributed by atoms with Gasteiger partial charge in [0, 0.05) is 7.11 Å². The van der Waals surface area contributed by atoms with Gasteiger partial charge in [-0.2, -0.15) is 0 Å². The summed E-state index contributed by atoms with van der Waals surface area (Å²) in [6.45, 7) is 7.26. The zero-order chi connectivity index (χ0) is 12.2. The molecule has 0 aromatic heterocycles. The van der Waals surface area contributed by atoms with Crippen LogP contribution < -0.4 is 0 Å². The van der Waals surface area contributed by atoms with Crippen molar-refractivity contribution in [2.45, 2.75) is 37.9 Å². The molecule has 1 saturated heterocycles. The molecule has 0 aromatic carbocycles. The van der Waals surface area contributed by atoms with Crippen molar-refractivity contribution in [1.82, 2.24) is 0 Å². The van der Waals surface area contributed by atoms with E-state index in [1.807, 2.05) is 0 Å². The molecule has 1 aliphatic heterocycles. The van der Waals surface area contributed by atoms with Gasteiger partial charge in [-0.25, -0.2) is 0 Å². The van der Waals surface area contributed by atoms with Gasteiger partial charge in [0.25, 0.3) is 0 Å². The lowest BCUT2D eigenvalue weighted by molar-refractivity contribution is -0.163. The van der Waals surface area contributed by atoms with Gasteiger partial charge in [-0.15, -0.1) is 6.58 Å². The number of hydrogen-bond acceptors (Lipinski definition) is 5. The summed E-state index contributed by atoms with van der Waals surface area (Å²) in [6.07, 6.45) is 0.726. The van der Waals surface area contributed by atoms with Gasteiger partial charge in [0.2, 0.25) is 0 Å². The number of carbonyl (C=O) groups is 1. The number of methoxy groups -OCH3 is 1. The lowest BCUT2D eigenvalue weighted by Gasteiger charge is -2.22. The Hall–Kier alpha value is -0.750. The van der Waals surface area contributed by atoms with Crippen LogP contribution in [0.2, 0.25) is 0 Å². The van der Waals surface area contributed by atoms with Crippen molar-refractivity contribution < 1.29 is 23.7 Å². The smallest absolute Gasteiger partial charge is 0.164 e. The predicted molar refractivity (Wildman–Crippen MR) is 56.8 cm³/mol. The van der Waals surface area contributed by atoms with E-state index < -0.39 is 24.1 Å². The summed E-state index contributed by atoms with van der Waals surface area (Å²) in [4.78, 5) is 10.9. The predicted octanol–water partition coefficient (Wildman–Crippen LogP) is 0.880. The van der Waals surface area contributed by atoms with Crippen molar-refractivity contribution >= 4 is 6.29 Å². The molecule has 1 aliphatic rings. The minimum Gasteiger partial charge on any atom is -0.359 e.